The van der Waals surface area contributed by atoms with Crippen molar-refractivity contribution in [1.29, 1.82) is 0 Å². The van der Waals surface area contributed by atoms with Gasteiger partial charge in [-0.3, -0.25) is 18.7 Å². The molecule has 1 unspecified atom stereocenters. The quantitative estimate of drug-likeness (QED) is 0.322. The number of nitrogens with one attached hydrogen (secondary N) is 1. The van der Waals surface area contributed by atoms with Gasteiger partial charge in [0.1, 0.15) is 11.4 Å². The van der Waals surface area contributed by atoms with Crippen LogP contribution in [0.25, 0.3) is 11.2 Å². The number of imidazole rings is 1. The molecule has 0 bridgehead atoms. The Morgan fingerprint density at radius 1 is 1.14 bits per heavy atom. The Labute approximate surface area is 243 Å². The number of aromatic nitrogens is 4. The Bertz CT molecular complexity index is 1670. The first-order valence-electron chi connectivity index (χ1n) is 14.4. The van der Waals surface area contributed by atoms with Crippen LogP contribution in [0.2, 0.25) is 0 Å². The molecular weight excluding hydrogens is 540 g/mol. The van der Waals surface area contributed by atoms with E-state index < -0.39 is 35.3 Å². The Balaban J connectivity index is 1.55. The summed E-state index contributed by atoms with van der Waals surface area (Å²) in [7, 11) is 1.53. The maximum Gasteiger partial charge on any atom is 0.407 e. The van der Waals surface area contributed by atoms with E-state index in [0.29, 0.717) is 25.6 Å². The summed E-state index contributed by atoms with van der Waals surface area (Å²) >= 11 is 0. The lowest BCUT2D eigenvalue weighted by molar-refractivity contribution is 0.0499. The Kier molecular flexibility index (Phi) is 7.98. The Morgan fingerprint density at radius 2 is 1.90 bits per heavy atom. The molecule has 2 aromatic heterocycles. The molecule has 1 amide bonds. The molecule has 3 aromatic rings. The molecule has 0 spiro atoms. The number of piperidine rings is 1. The summed E-state index contributed by atoms with van der Waals surface area (Å²) in [5.41, 5.74) is -0.244. The number of phenolic OH excluding ortho intramolecular Hbond substituents is 1. The van der Waals surface area contributed by atoms with Crippen molar-refractivity contribution in [3.63, 3.8) is 0 Å². The van der Waals surface area contributed by atoms with Crippen molar-refractivity contribution < 1.29 is 19.4 Å². The molecule has 1 aromatic carbocycles. The number of anilines is 1. The van der Waals surface area contributed by atoms with Crippen LogP contribution in [-0.2, 0) is 24.9 Å². The van der Waals surface area contributed by atoms with Crippen LogP contribution in [-0.4, -0.2) is 60.4 Å². The molecule has 12 nitrogen and oxygen atoms in total. The van der Waals surface area contributed by atoms with Crippen molar-refractivity contribution in [1.82, 2.24) is 24.0 Å². The van der Waals surface area contributed by atoms with Crippen LogP contribution < -0.4 is 21.5 Å². The summed E-state index contributed by atoms with van der Waals surface area (Å²) in [6.45, 7) is 6.45. The van der Waals surface area contributed by atoms with Crippen LogP contribution in [0.5, 0.6) is 5.75 Å². The number of carbonyl (C=O) groups excluding carboxylic acids is 2. The van der Waals surface area contributed by atoms with Gasteiger partial charge in [-0.2, -0.15) is 4.98 Å². The van der Waals surface area contributed by atoms with E-state index in [4.69, 9.17) is 9.72 Å². The lowest BCUT2D eigenvalue weighted by atomic mass is 10.1. The molecule has 2 N–H and O–H groups in total. The summed E-state index contributed by atoms with van der Waals surface area (Å²) in [5, 5.41) is 13.1. The predicted molar refractivity (Wildman–Crippen MR) is 158 cm³/mol. The van der Waals surface area contributed by atoms with E-state index in [2.05, 4.69) is 11.4 Å². The van der Waals surface area contributed by atoms with Gasteiger partial charge in [0.25, 0.3) is 5.56 Å². The van der Waals surface area contributed by atoms with Gasteiger partial charge < -0.3 is 24.6 Å². The second-order valence-electron chi connectivity index (χ2n) is 12.0. The fourth-order valence-corrected chi connectivity index (χ4v) is 5.66. The van der Waals surface area contributed by atoms with Gasteiger partial charge in [0, 0.05) is 32.7 Å². The van der Waals surface area contributed by atoms with Gasteiger partial charge in [0.15, 0.2) is 16.9 Å². The zero-order valence-corrected chi connectivity index (χ0v) is 24.6. The number of rotatable bonds is 7. The highest BCUT2D eigenvalue weighted by Crippen LogP contribution is 2.28. The van der Waals surface area contributed by atoms with E-state index >= 15 is 0 Å². The number of amides is 1. The third-order valence-corrected chi connectivity index (χ3v) is 7.64. The molecule has 1 atom stereocenters. The van der Waals surface area contributed by atoms with Crippen molar-refractivity contribution in [3.05, 3.63) is 62.3 Å². The lowest BCUT2D eigenvalue weighted by Gasteiger charge is -2.34. The van der Waals surface area contributed by atoms with Crippen LogP contribution in [0.1, 0.15) is 63.2 Å². The number of Topliss-reactive ketones (excluding diaryl/α,β-unsaturated/α-hetero) is 1. The molecule has 1 aliphatic heterocycles. The number of carbonyl (C=O) groups is 2. The number of ketones is 1. The average Bonchev–Trinajstić information content (AvgIpc) is 3.57. The predicted octanol–water partition coefficient (Wildman–Crippen LogP) is 3.09. The van der Waals surface area contributed by atoms with E-state index in [-0.39, 0.29) is 28.5 Å². The Morgan fingerprint density at radius 3 is 2.60 bits per heavy atom. The molecule has 224 valence electrons. The van der Waals surface area contributed by atoms with Gasteiger partial charge >= 0.3 is 11.8 Å². The Hall–Kier alpha value is -4.35. The molecule has 5 rings (SSSR count). The van der Waals surface area contributed by atoms with Crippen LogP contribution >= 0.6 is 0 Å². The fourth-order valence-electron chi connectivity index (χ4n) is 5.66. The van der Waals surface area contributed by atoms with Crippen molar-refractivity contribution >= 4 is 29.0 Å². The van der Waals surface area contributed by atoms with Crippen molar-refractivity contribution in [2.75, 3.05) is 18.0 Å². The molecule has 42 heavy (non-hydrogen) atoms. The maximum atomic E-state index is 13.9. The zero-order chi connectivity index (χ0) is 30.2. The number of para-hydroxylation sites is 1. The van der Waals surface area contributed by atoms with Gasteiger partial charge in [0.2, 0.25) is 5.95 Å². The second-order valence-corrected chi connectivity index (χ2v) is 12.0. The summed E-state index contributed by atoms with van der Waals surface area (Å²) in [4.78, 5) is 59.7. The van der Waals surface area contributed by atoms with Gasteiger partial charge in [-0.25, -0.2) is 9.59 Å². The van der Waals surface area contributed by atoms with E-state index in [9.17, 15) is 24.3 Å². The standard InChI is InChI=1S/C30H38N6O6/c1-30(2,3)42-28(40)31-20-12-9-15-34(17-20)27-32-25-24(35(27)16-19-10-5-6-11-19)26(39)36(29(41)33(25)4)18-23(38)21-13-7-8-14-22(21)37/h7-8,10,13-14,20,37H,5-6,9,11-12,15-18H2,1-4H3,(H,31,40). The molecule has 3 heterocycles. The summed E-state index contributed by atoms with van der Waals surface area (Å²) < 4.78 is 9.48. The van der Waals surface area contributed by atoms with Crippen molar-refractivity contribution in [2.45, 2.75) is 77.6 Å². The van der Waals surface area contributed by atoms with Crippen LogP contribution in [0, 0.1) is 0 Å². The first-order chi connectivity index (χ1) is 19.9. The summed E-state index contributed by atoms with van der Waals surface area (Å²) in [6, 6.07) is 5.85. The first-order valence-corrected chi connectivity index (χ1v) is 14.4. The normalized spacial score (nSPS) is 17.4. The lowest BCUT2D eigenvalue weighted by Crippen LogP contribution is -2.49. The van der Waals surface area contributed by atoms with Gasteiger partial charge in [-0.05, 0) is 65.0 Å². The monoisotopic (exact) mass is 578 g/mol. The number of aromatic hydroxyl groups is 1. The molecule has 2 aliphatic rings. The molecule has 1 saturated heterocycles. The van der Waals surface area contributed by atoms with Crippen molar-refractivity contribution in [3.8, 4) is 5.75 Å². The number of hydrogen-bond donors (Lipinski definition) is 2. The molecule has 12 heteroatoms. The average molecular weight is 579 g/mol. The third-order valence-electron chi connectivity index (χ3n) is 7.64. The number of nitrogens with zero attached hydrogens (tertiary/aromatic N) is 5. The topological polar surface area (TPSA) is 141 Å². The highest BCUT2D eigenvalue weighted by atomic mass is 16.6. The van der Waals surface area contributed by atoms with E-state index in [1.165, 1.54) is 29.3 Å². The minimum Gasteiger partial charge on any atom is -0.507 e. The second kappa shape index (κ2) is 11.5. The maximum absolute atomic E-state index is 13.9. The van der Waals surface area contributed by atoms with Gasteiger partial charge in [0.05, 0.1) is 12.1 Å². The molecule has 0 saturated carbocycles. The highest BCUT2D eigenvalue weighted by Gasteiger charge is 2.30. The SMILES string of the molecule is Cn1c(=O)n(CC(=O)c2ccccc2O)c(=O)c2c1nc(N1CCCC(NC(=O)OC(C)(C)C)C1)n2CC1=CCCC1. The number of fused-ring (bicyclic) bond motifs is 1. The van der Waals surface area contributed by atoms with E-state index in [0.717, 1.165) is 36.7 Å². The number of benzene rings is 1. The summed E-state index contributed by atoms with van der Waals surface area (Å²) in [5.74, 6) is -0.234. The number of ether oxygens (including phenoxy) is 1. The van der Waals surface area contributed by atoms with Crippen LogP contribution in [0.15, 0.2) is 45.5 Å². The molecular formula is C30H38N6O6. The smallest absolute Gasteiger partial charge is 0.407 e. The van der Waals surface area contributed by atoms with Crippen LogP contribution in [0.3, 0.4) is 0 Å². The largest absolute Gasteiger partial charge is 0.507 e. The molecule has 1 aliphatic carbocycles. The molecule has 1 fully saturated rings. The first kappa shape index (κ1) is 29.2. The zero-order valence-electron chi connectivity index (χ0n) is 24.6. The number of phenols is 1. The number of hydrogen-bond acceptors (Lipinski definition) is 8. The van der Waals surface area contributed by atoms with Crippen molar-refractivity contribution in [2.24, 2.45) is 7.05 Å². The number of aryl methyl sites for hydroxylation is 1. The van der Waals surface area contributed by atoms with E-state index in [1.54, 1.807) is 12.1 Å². The molecule has 0 radical (unpaired) electrons. The third kappa shape index (κ3) is 5.97. The van der Waals surface area contributed by atoms with Gasteiger partial charge in [-0.15, -0.1) is 0 Å². The minimum absolute atomic E-state index is 0.0358. The van der Waals surface area contributed by atoms with Gasteiger partial charge in [-0.1, -0.05) is 23.8 Å². The number of alkyl carbamates (subject to hydrolysis) is 1. The van der Waals surface area contributed by atoms with E-state index in [1.807, 2.05) is 30.2 Å². The number of allylic oxidation sites excluding steroid dienone is 2. The minimum atomic E-state index is -0.671. The van der Waals surface area contributed by atoms with Crippen LogP contribution in [0.4, 0.5) is 10.7 Å². The highest BCUT2D eigenvalue weighted by molar-refractivity contribution is 5.98. The summed E-state index contributed by atoms with van der Waals surface area (Å²) in [6.07, 6.45) is 6.11. The fraction of sp³-hybridized carbons (Fsp3) is 0.500.